The first-order chi connectivity index (χ1) is 9.65. The van der Waals surface area contributed by atoms with Gasteiger partial charge in [0.05, 0.1) is 11.2 Å². The highest BCUT2D eigenvalue weighted by Crippen LogP contribution is 2.22. The van der Waals surface area contributed by atoms with E-state index in [2.05, 4.69) is 28.3 Å². The summed E-state index contributed by atoms with van der Waals surface area (Å²) in [6.07, 6.45) is 4.39. The van der Waals surface area contributed by atoms with E-state index in [9.17, 15) is 0 Å². The number of aryl methyl sites for hydroxylation is 2. The van der Waals surface area contributed by atoms with Crippen molar-refractivity contribution in [1.82, 2.24) is 14.8 Å². The summed E-state index contributed by atoms with van der Waals surface area (Å²) in [6, 6.07) is 10.2. The minimum Gasteiger partial charge on any atom is -0.324 e. The second-order valence-corrected chi connectivity index (χ2v) is 5.19. The minimum absolute atomic E-state index is 0.0827. The lowest BCUT2D eigenvalue weighted by molar-refractivity contribution is 0.679. The van der Waals surface area contributed by atoms with E-state index in [1.165, 1.54) is 5.39 Å². The SMILES string of the molecule is Cc1cncc(C(N)Cc2nn(C)c3ccccc23)c1. The van der Waals surface area contributed by atoms with Gasteiger partial charge in [0, 0.05) is 37.3 Å². The molecule has 0 amide bonds. The molecule has 1 atom stereocenters. The van der Waals surface area contributed by atoms with Gasteiger partial charge in [-0.3, -0.25) is 9.67 Å². The highest BCUT2D eigenvalue weighted by Gasteiger charge is 2.13. The molecule has 102 valence electrons. The maximum atomic E-state index is 6.31. The van der Waals surface area contributed by atoms with Crippen LogP contribution in [0.3, 0.4) is 0 Å². The van der Waals surface area contributed by atoms with Gasteiger partial charge in [0.15, 0.2) is 0 Å². The summed E-state index contributed by atoms with van der Waals surface area (Å²) >= 11 is 0. The smallest absolute Gasteiger partial charge is 0.0722 e. The maximum Gasteiger partial charge on any atom is 0.0722 e. The average molecular weight is 266 g/mol. The first kappa shape index (κ1) is 12.8. The Morgan fingerprint density at radius 2 is 2.05 bits per heavy atom. The molecule has 3 aromatic rings. The lowest BCUT2D eigenvalue weighted by atomic mass is 10.0. The standard InChI is InChI=1S/C16H18N4/c1-11-7-12(10-18-9-11)14(17)8-15-13-5-3-4-6-16(13)20(2)19-15/h3-7,9-10,14H,8,17H2,1-2H3. The van der Waals surface area contributed by atoms with E-state index in [1.54, 1.807) is 0 Å². The number of rotatable bonds is 3. The predicted octanol–water partition coefficient (Wildman–Crippen LogP) is 2.52. The number of benzene rings is 1. The van der Waals surface area contributed by atoms with Crippen molar-refractivity contribution >= 4 is 10.9 Å². The molecule has 0 radical (unpaired) electrons. The summed E-state index contributed by atoms with van der Waals surface area (Å²) in [7, 11) is 1.96. The molecule has 2 heterocycles. The topological polar surface area (TPSA) is 56.7 Å². The lowest BCUT2D eigenvalue weighted by Crippen LogP contribution is -2.14. The Morgan fingerprint density at radius 1 is 1.25 bits per heavy atom. The van der Waals surface area contributed by atoms with Crippen molar-refractivity contribution < 1.29 is 0 Å². The van der Waals surface area contributed by atoms with Crippen LogP contribution in [-0.4, -0.2) is 14.8 Å². The van der Waals surface area contributed by atoms with Gasteiger partial charge in [0.2, 0.25) is 0 Å². The van der Waals surface area contributed by atoms with Crippen LogP contribution in [0.25, 0.3) is 10.9 Å². The van der Waals surface area contributed by atoms with Crippen molar-refractivity contribution in [2.75, 3.05) is 0 Å². The summed E-state index contributed by atoms with van der Waals surface area (Å²) in [4.78, 5) is 4.21. The van der Waals surface area contributed by atoms with Crippen LogP contribution in [0.5, 0.6) is 0 Å². The van der Waals surface area contributed by atoms with Gasteiger partial charge in [-0.25, -0.2) is 0 Å². The van der Waals surface area contributed by atoms with Crippen LogP contribution in [0.2, 0.25) is 0 Å². The molecule has 0 fully saturated rings. The zero-order chi connectivity index (χ0) is 14.1. The number of nitrogens with two attached hydrogens (primary N) is 1. The second kappa shape index (κ2) is 5.06. The van der Waals surface area contributed by atoms with Crippen LogP contribution < -0.4 is 5.73 Å². The number of hydrogen-bond donors (Lipinski definition) is 1. The molecule has 0 bridgehead atoms. The van der Waals surface area contributed by atoms with E-state index in [1.807, 2.05) is 43.2 Å². The fourth-order valence-corrected chi connectivity index (χ4v) is 2.55. The van der Waals surface area contributed by atoms with Crippen LogP contribution in [0, 0.1) is 6.92 Å². The number of fused-ring (bicyclic) bond motifs is 1. The Bertz CT molecular complexity index is 745. The molecule has 3 rings (SSSR count). The Balaban J connectivity index is 1.93. The molecule has 0 aliphatic carbocycles. The number of hydrogen-bond acceptors (Lipinski definition) is 3. The van der Waals surface area contributed by atoms with Crippen LogP contribution >= 0.6 is 0 Å². The number of aromatic nitrogens is 3. The van der Waals surface area contributed by atoms with E-state index < -0.39 is 0 Å². The van der Waals surface area contributed by atoms with Crippen molar-refractivity contribution in [2.45, 2.75) is 19.4 Å². The minimum atomic E-state index is -0.0827. The molecule has 4 heteroatoms. The van der Waals surface area contributed by atoms with Gasteiger partial charge in [0.25, 0.3) is 0 Å². The highest BCUT2D eigenvalue weighted by molar-refractivity contribution is 5.81. The molecule has 2 aromatic heterocycles. The highest BCUT2D eigenvalue weighted by atomic mass is 15.3. The predicted molar refractivity (Wildman–Crippen MR) is 80.3 cm³/mol. The Morgan fingerprint density at radius 3 is 2.85 bits per heavy atom. The molecule has 1 unspecified atom stereocenters. The third kappa shape index (κ3) is 2.30. The molecular weight excluding hydrogens is 248 g/mol. The van der Waals surface area contributed by atoms with Gasteiger partial charge >= 0.3 is 0 Å². The van der Waals surface area contributed by atoms with Crippen LogP contribution in [0.15, 0.2) is 42.7 Å². The third-order valence-electron chi connectivity index (χ3n) is 3.57. The van der Waals surface area contributed by atoms with E-state index in [4.69, 9.17) is 5.73 Å². The van der Waals surface area contributed by atoms with Gasteiger partial charge in [-0.05, 0) is 24.1 Å². The van der Waals surface area contributed by atoms with Gasteiger partial charge in [-0.2, -0.15) is 5.10 Å². The molecule has 4 nitrogen and oxygen atoms in total. The molecule has 20 heavy (non-hydrogen) atoms. The summed E-state index contributed by atoms with van der Waals surface area (Å²) in [5, 5.41) is 5.77. The van der Waals surface area contributed by atoms with Crippen molar-refractivity contribution in [2.24, 2.45) is 12.8 Å². The van der Waals surface area contributed by atoms with Crippen LogP contribution in [0.1, 0.15) is 22.9 Å². The molecule has 1 aromatic carbocycles. The maximum absolute atomic E-state index is 6.31. The van der Waals surface area contributed by atoms with Crippen LogP contribution in [0.4, 0.5) is 0 Å². The van der Waals surface area contributed by atoms with Crippen LogP contribution in [-0.2, 0) is 13.5 Å². The van der Waals surface area contributed by atoms with E-state index in [0.717, 1.165) is 22.3 Å². The number of para-hydroxylation sites is 1. The van der Waals surface area contributed by atoms with Gasteiger partial charge in [-0.15, -0.1) is 0 Å². The Labute approximate surface area is 118 Å². The normalized spacial score (nSPS) is 12.8. The Hall–Kier alpha value is -2.20. The molecule has 0 aliphatic rings. The zero-order valence-electron chi connectivity index (χ0n) is 11.7. The van der Waals surface area contributed by atoms with Crippen molar-refractivity contribution in [1.29, 1.82) is 0 Å². The third-order valence-corrected chi connectivity index (χ3v) is 3.57. The largest absolute Gasteiger partial charge is 0.324 e. The average Bonchev–Trinajstić information content (AvgIpc) is 2.76. The lowest BCUT2D eigenvalue weighted by Gasteiger charge is -2.10. The molecule has 0 spiro atoms. The van der Waals surface area contributed by atoms with Gasteiger partial charge in [0.1, 0.15) is 0 Å². The summed E-state index contributed by atoms with van der Waals surface area (Å²) in [5.74, 6) is 0. The number of nitrogens with zero attached hydrogens (tertiary/aromatic N) is 3. The first-order valence-electron chi connectivity index (χ1n) is 6.73. The van der Waals surface area contributed by atoms with Crippen molar-refractivity contribution in [3.05, 3.63) is 59.5 Å². The zero-order valence-corrected chi connectivity index (χ0v) is 11.7. The van der Waals surface area contributed by atoms with E-state index in [-0.39, 0.29) is 6.04 Å². The molecule has 0 saturated carbocycles. The van der Waals surface area contributed by atoms with E-state index >= 15 is 0 Å². The molecule has 2 N–H and O–H groups in total. The molecular formula is C16H18N4. The fourth-order valence-electron chi connectivity index (χ4n) is 2.55. The van der Waals surface area contributed by atoms with Gasteiger partial charge < -0.3 is 5.73 Å². The number of pyridine rings is 1. The second-order valence-electron chi connectivity index (χ2n) is 5.19. The van der Waals surface area contributed by atoms with Crippen molar-refractivity contribution in [3.63, 3.8) is 0 Å². The Kier molecular flexibility index (Phi) is 3.24. The van der Waals surface area contributed by atoms with Crippen molar-refractivity contribution in [3.8, 4) is 0 Å². The van der Waals surface area contributed by atoms with E-state index in [0.29, 0.717) is 6.42 Å². The summed E-state index contributed by atoms with van der Waals surface area (Å²) in [6.45, 7) is 2.03. The first-order valence-corrected chi connectivity index (χ1v) is 6.73. The van der Waals surface area contributed by atoms with Gasteiger partial charge in [-0.1, -0.05) is 24.3 Å². The molecule has 0 saturated heterocycles. The fraction of sp³-hybridized carbons (Fsp3) is 0.250. The monoisotopic (exact) mass is 266 g/mol. The summed E-state index contributed by atoms with van der Waals surface area (Å²) < 4.78 is 1.91. The quantitative estimate of drug-likeness (QED) is 0.792. The summed E-state index contributed by atoms with van der Waals surface area (Å²) in [5.41, 5.74) is 10.7. The molecule has 0 aliphatic heterocycles.